The number of carbonyl (C=O) groups is 1. The number of nitrogens with zero attached hydrogens (tertiary/aromatic N) is 1. The summed E-state index contributed by atoms with van der Waals surface area (Å²) in [6.07, 6.45) is 5.21. The molecule has 1 heterocycles. The van der Waals surface area contributed by atoms with Crippen molar-refractivity contribution in [3.8, 4) is 0 Å². The number of carbonyl (C=O) groups excluding carboxylic acids is 1. The summed E-state index contributed by atoms with van der Waals surface area (Å²) in [6.45, 7) is 6.22. The highest BCUT2D eigenvalue weighted by Crippen LogP contribution is 2.51. The molecular weight excluding hydrogens is 240 g/mol. The number of urea groups is 1. The highest BCUT2D eigenvalue weighted by molar-refractivity contribution is 5.74. The van der Waals surface area contributed by atoms with Crippen molar-refractivity contribution in [2.24, 2.45) is 17.3 Å². The van der Waals surface area contributed by atoms with E-state index in [9.17, 15) is 4.79 Å². The average Bonchev–Trinajstić information content (AvgIpc) is 3.19. The number of fused-ring (bicyclic) bond motifs is 1. The third-order valence-corrected chi connectivity index (χ3v) is 5.19. The van der Waals surface area contributed by atoms with Gasteiger partial charge < -0.3 is 15.0 Å². The van der Waals surface area contributed by atoms with Crippen LogP contribution in [0.15, 0.2) is 0 Å². The molecule has 3 rings (SSSR count). The standard InChI is InChI=1S/C15H26N2O2/c1-15(2)12(11-5-4-8-19-13(11)15)16-14(18)17(3)9-10-6-7-10/h10-13H,4-9H2,1-3H3,(H,16,18)/t11-,12+,13+/m0/s1. The third-order valence-electron chi connectivity index (χ3n) is 5.19. The monoisotopic (exact) mass is 266 g/mol. The molecule has 2 amide bonds. The third kappa shape index (κ3) is 2.35. The van der Waals surface area contributed by atoms with Gasteiger partial charge in [0.1, 0.15) is 0 Å². The molecule has 3 aliphatic rings. The summed E-state index contributed by atoms with van der Waals surface area (Å²) >= 11 is 0. The summed E-state index contributed by atoms with van der Waals surface area (Å²) in [5, 5.41) is 3.25. The summed E-state index contributed by atoms with van der Waals surface area (Å²) in [5.74, 6) is 1.26. The van der Waals surface area contributed by atoms with Gasteiger partial charge in [0.25, 0.3) is 0 Å². The molecular formula is C15H26N2O2. The first-order valence-electron chi connectivity index (χ1n) is 7.63. The van der Waals surface area contributed by atoms with Crippen molar-refractivity contribution in [2.45, 2.75) is 51.7 Å². The number of rotatable bonds is 3. The Morgan fingerprint density at radius 2 is 2.11 bits per heavy atom. The quantitative estimate of drug-likeness (QED) is 0.851. The van der Waals surface area contributed by atoms with Crippen LogP contribution in [0.4, 0.5) is 4.79 Å². The van der Waals surface area contributed by atoms with Gasteiger partial charge in [0.05, 0.1) is 6.10 Å². The first kappa shape index (κ1) is 13.2. The van der Waals surface area contributed by atoms with Crippen molar-refractivity contribution < 1.29 is 9.53 Å². The van der Waals surface area contributed by atoms with Gasteiger partial charge in [-0.15, -0.1) is 0 Å². The molecule has 3 atom stereocenters. The Morgan fingerprint density at radius 3 is 2.79 bits per heavy atom. The lowest BCUT2D eigenvalue weighted by Gasteiger charge is -2.59. The minimum Gasteiger partial charge on any atom is -0.377 e. The first-order chi connectivity index (χ1) is 9.00. The lowest BCUT2D eigenvalue weighted by atomic mass is 9.55. The van der Waals surface area contributed by atoms with Gasteiger partial charge in [-0.25, -0.2) is 4.79 Å². The second kappa shape index (κ2) is 4.65. The predicted molar refractivity (Wildman–Crippen MR) is 73.9 cm³/mol. The Morgan fingerprint density at radius 1 is 1.37 bits per heavy atom. The molecule has 4 heteroatoms. The molecule has 0 aromatic heterocycles. The van der Waals surface area contributed by atoms with E-state index in [1.807, 2.05) is 11.9 Å². The smallest absolute Gasteiger partial charge is 0.317 e. The second-order valence-corrected chi connectivity index (χ2v) is 7.17. The van der Waals surface area contributed by atoms with Crippen molar-refractivity contribution in [1.82, 2.24) is 10.2 Å². The average molecular weight is 266 g/mol. The minimum atomic E-state index is 0.0706. The summed E-state index contributed by atoms with van der Waals surface area (Å²) in [5.41, 5.74) is 0.0706. The van der Waals surface area contributed by atoms with Crippen molar-refractivity contribution >= 4 is 6.03 Å². The topological polar surface area (TPSA) is 41.6 Å². The lowest BCUT2D eigenvalue weighted by Crippen LogP contribution is -2.70. The largest absolute Gasteiger partial charge is 0.377 e. The second-order valence-electron chi connectivity index (χ2n) is 7.17. The molecule has 0 bridgehead atoms. The zero-order chi connectivity index (χ0) is 13.6. The van der Waals surface area contributed by atoms with E-state index in [-0.39, 0.29) is 17.5 Å². The van der Waals surface area contributed by atoms with Crippen molar-refractivity contribution in [3.63, 3.8) is 0 Å². The van der Waals surface area contributed by atoms with Gasteiger partial charge in [-0.3, -0.25) is 0 Å². The van der Waals surface area contributed by atoms with Gasteiger partial charge in [-0.1, -0.05) is 13.8 Å². The SMILES string of the molecule is CN(CC1CC1)C(=O)N[C@@H]1[C@@H]2CCCO[C@H]2C1(C)C. The van der Waals surface area contributed by atoms with Gasteiger partial charge in [0.15, 0.2) is 0 Å². The van der Waals surface area contributed by atoms with E-state index >= 15 is 0 Å². The van der Waals surface area contributed by atoms with Crippen LogP contribution in [0.5, 0.6) is 0 Å². The Labute approximate surface area is 115 Å². The van der Waals surface area contributed by atoms with Crippen LogP contribution < -0.4 is 5.32 Å². The Balaban J connectivity index is 1.57. The van der Waals surface area contributed by atoms with E-state index < -0.39 is 0 Å². The fraction of sp³-hybridized carbons (Fsp3) is 0.933. The number of hydrogen-bond donors (Lipinski definition) is 1. The van der Waals surface area contributed by atoms with E-state index in [2.05, 4.69) is 19.2 Å². The number of hydrogen-bond acceptors (Lipinski definition) is 2. The maximum atomic E-state index is 12.2. The van der Waals surface area contributed by atoms with Crippen LogP contribution in [-0.4, -0.2) is 43.3 Å². The predicted octanol–water partition coefficient (Wildman–Crippen LogP) is 2.24. The maximum absolute atomic E-state index is 12.2. The number of nitrogens with one attached hydrogen (secondary N) is 1. The van der Waals surface area contributed by atoms with Crippen molar-refractivity contribution in [3.05, 3.63) is 0 Å². The number of amides is 2. The summed E-state index contributed by atoms with van der Waals surface area (Å²) in [4.78, 5) is 14.1. The van der Waals surface area contributed by atoms with E-state index in [0.29, 0.717) is 12.0 Å². The highest BCUT2D eigenvalue weighted by Gasteiger charge is 2.58. The van der Waals surface area contributed by atoms with Gasteiger partial charge >= 0.3 is 6.03 Å². The molecule has 19 heavy (non-hydrogen) atoms. The molecule has 2 saturated carbocycles. The molecule has 0 radical (unpaired) electrons. The van der Waals surface area contributed by atoms with Gasteiger partial charge in [0.2, 0.25) is 0 Å². The molecule has 0 aromatic carbocycles. The van der Waals surface area contributed by atoms with E-state index in [4.69, 9.17) is 4.74 Å². The van der Waals surface area contributed by atoms with Crippen LogP contribution in [0.2, 0.25) is 0 Å². The molecule has 0 spiro atoms. The normalized spacial score (nSPS) is 36.1. The fourth-order valence-electron chi connectivity index (χ4n) is 3.83. The van der Waals surface area contributed by atoms with Crippen LogP contribution in [0.1, 0.15) is 39.5 Å². The minimum absolute atomic E-state index is 0.0706. The molecule has 1 saturated heterocycles. The zero-order valence-electron chi connectivity index (χ0n) is 12.3. The maximum Gasteiger partial charge on any atom is 0.317 e. The van der Waals surface area contributed by atoms with Crippen LogP contribution in [0.3, 0.4) is 0 Å². The van der Waals surface area contributed by atoms with E-state index in [0.717, 1.165) is 25.5 Å². The lowest BCUT2D eigenvalue weighted by molar-refractivity contribution is -0.189. The fourth-order valence-corrected chi connectivity index (χ4v) is 3.83. The van der Waals surface area contributed by atoms with Crippen LogP contribution in [0, 0.1) is 17.3 Å². The van der Waals surface area contributed by atoms with Crippen LogP contribution in [-0.2, 0) is 4.74 Å². The van der Waals surface area contributed by atoms with Crippen molar-refractivity contribution in [2.75, 3.05) is 20.2 Å². The summed E-state index contributed by atoms with van der Waals surface area (Å²) in [6, 6.07) is 0.362. The summed E-state index contributed by atoms with van der Waals surface area (Å²) in [7, 11) is 1.91. The molecule has 0 aromatic rings. The van der Waals surface area contributed by atoms with Gasteiger partial charge in [-0.05, 0) is 31.6 Å². The Bertz CT molecular complexity index is 365. The zero-order valence-corrected chi connectivity index (χ0v) is 12.3. The van der Waals surface area contributed by atoms with E-state index in [1.54, 1.807) is 0 Å². The van der Waals surface area contributed by atoms with Crippen LogP contribution in [0.25, 0.3) is 0 Å². The molecule has 1 aliphatic heterocycles. The summed E-state index contributed by atoms with van der Waals surface area (Å²) < 4.78 is 5.87. The van der Waals surface area contributed by atoms with Crippen molar-refractivity contribution in [1.29, 1.82) is 0 Å². The van der Waals surface area contributed by atoms with E-state index in [1.165, 1.54) is 19.3 Å². The Kier molecular flexibility index (Phi) is 3.24. The number of ether oxygens (including phenoxy) is 1. The molecule has 4 nitrogen and oxygen atoms in total. The molecule has 3 fully saturated rings. The molecule has 1 N–H and O–H groups in total. The van der Waals surface area contributed by atoms with Gasteiger partial charge in [-0.2, -0.15) is 0 Å². The van der Waals surface area contributed by atoms with Crippen LogP contribution >= 0.6 is 0 Å². The molecule has 2 aliphatic carbocycles. The highest BCUT2D eigenvalue weighted by atomic mass is 16.5. The first-order valence-corrected chi connectivity index (χ1v) is 7.63. The Hall–Kier alpha value is -0.770. The molecule has 108 valence electrons. The van der Waals surface area contributed by atoms with Gasteiger partial charge in [0, 0.05) is 37.6 Å². The molecule has 0 unspecified atom stereocenters.